The number of methoxy groups -OCH3 is 1. The molecule has 11 heavy (non-hydrogen) atoms. The Bertz CT molecular complexity index is 236. The first-order valence-electron chi connectivity index (χ1n) is 3.05. The van der Waals surface area contributed by atoms with Gasteiger partial charge in [-0.05, 0) is 22.6 Å². The summed E-state index contributed by atoms with van der Waals surface area (Å²) in [6.45, 7) is 0.266. The lowest BCUT2D eigenvalue weighted by Gasteiger charge is -2.01. The Kier molecular flexibility index (Phi) is 3.13. The molecule has 4 nitrogen and oxygen atoms in total. The first-order chi connectivity index (χ1) is 5.25. The van der Waals surface area contributed by atoms with E-state index in [1.165, 1.54) is 0 Å². The molecule has 0 bridgehead atoms. The van der Waals surface area contributed by atoms with Gasteiger partial charge in [0.25, 0.3) is 0 Å². The van der Waals surface area contributed by atoms with Crippen molar-refractivity contribution >= 4 is 22.6 Å². The summed E-state index contributed by atoms with van der Waals surface area (Å²) in [7, 11) is 3.45. The lowest BCUT2D eigenvalue weighted by molar-refractivity contribution is 0.0504. The second kappa shape index (κ2) is 3.91. The molecular formula is C6H9IN2O2. The van der Waals surface area contributed by atoms with E-state index in [9.17, 15) is 0 Å². The first kappa shape index (κ1) is 8.79. The fourth-order valence-corrected chi connectivity index (χ4v) is 1.04. The third-order valence-electron chi connectivity index (χ3n) is 1.17. The van der Waals surface area contributed by atoms with Gasteiger partial charge >= 0.3 is 0 Å². The molecule has 0 radical (unpaired) electrons. The molecule has 0 aliphatic heterocycles. The molecule has 0 aromatic carbocycles. The Balaban J connectivity index is 2.63. The monoisotopic (exact) mass is 268 g/mol. The molecule has 0 aliphatic carbocycles. The van der Waals surface area contributed by atoms with Crippen molar-refractivity contribution in [2.24, 2.45) is 7.05 Å². The van der Waals surface area contributed by atoms with E-state index in [0.717, 1.165) is 9.45 Å². The third-order valence-corrected chi connectivity index (χ3v) is 2.40. The minimum atomic E-state index is 0.266. The van der Waals surface area contributed by atoms with Gasteiger partial charge in [-0.2, -0.15) is 5.10 Å². The molecule has 1 rings (SSSR count). The largest absolute Gasteiger partial charge is 0.463 e. The Hall–Kier alpha value is -0.300. The lowest BCUT2D eigenvalue weighted by atomic mass is 10.7. The van der Waals surface area contributed by atoms with Crippen LogP contribution in [0.1, 0.15) is 0 Å². The number of aryl methyl sites for hydroxylation is 1. The number of rotatable bonds is 3. The van der Waals surface area contributed by atoms with Crippen LogP contribution in [0.5, 0.6) is 5.75 Å². The van der Waals surface area contributed by atoms with Gasteiger partial charge in [0.15, 0.2) is 12.5 Å². The third kappa shape index (κ3) is 2.06. The highest BCUT2D eigenvalue weighted by atomic mass is 127. The van der Waals surface area contributed by atoms with Crippen molar-refractivity contribution in [3.05, 3.63) is 9.90 Å². The van der Waals surface area contributed by atoms with Crippen molar-refractivity contribution in [3.63, 3.8) is 0 Å². The zero-order valence-electron chi connectivity index (χ0n) is 6.37. The topological polar surface area (TPSA) is 36.3 Å². The van der Waals surface area contributed by atoms with Crippen LogP contribution in [-0.2, 0) is 11.8 Å². The van der Waals surface area contributed by atoms with Gasteiger partial charge in [-0.25, -0.2) is 0 Å². The van der Waals surface area contributed by atoms with Gasteiger partial charge in [0.2, 0.25) is 0 Å². The van der Waals surface area contributed by atoms with Gasteiger partial charge in [0.05, 0.1) is 6.20 Å². The lowest BCUT2D eigenvalue weighted by Crippen LogP contribution is -2.00. The van der Waals surface area contributed by atoms with Gasteiger partial charge in [-0.1, -0.05) is 0 Å². The minimum absolute atomic E-state index is 0.266. The van der Waals surface area contributed by atoms with E-state index < -0.39 is 0 Å². The molecule has 62 valence electrons. The normalized spacial score (nSPS) is 10.1. The highest BCUT2D eigenvalue weighted by molar-refractivity contribution is 14.1. The van der Waals surface area contributed by atoms with Crippen LogP contribution in [0.3, 0.4) is 0 Å². The smallest absolute Gasteiger partial charge is 0.188 e. The molecule has 0 amide bonds. The molecule has 1 aromatic rings. The second-order valence-electron chi connectivity index (χ2n) is 1.97. The zero-order valence-corrected chi connectivity index (χ0v) is 8.53. The van der Waals surface area contributed by atoms with Crippen LogP contribution in [0, 0.1) is 3.70 Å². The van der Waals surface area contributed by atoms with Gasteiger partial charge in [-0.15, -0.1) is 0 Å². The number of aromatic nitrogens is 2. The fourth-order valence-electron chi connectivity index (χ4n) is 0.622. The highest BCUT2D eigenvalue weighted by Crippen LogP contribution is 2.18. The van der Waals surface area contributed by atoms with Crippen LogP contribution in [0.25, 0.3) is 0 Å². The summed E-state index contributed by atoms with van der Waals surface area (Å²) in [6.07, 6.45) is 1.67. The quantitative estimate of drug-likeness (QED) is 0.606. The number of hydrogen-bond donors (Lipinski definition) is 0. The van der Waals surface area contributed by atoms with E-state index in [2.05, 4.69) is 27.7 Å². The van der Waals surface area contributed by atoms with E-state index >= 15 is 0 Å². The van der Waals surface area contributed by atoms with E-state index in [1.807, 2.05) is 7.05 Å². The summed E-state index contributed by atoms with van der Waals surface area (Å²) in [6, 6.07) is 0. The summed E-state index contributed by atoms with van der Waals surface area (Å²) in [5.41, 5.74) is 0. The van der Waals surface area contributed by atoms with E-state index in [0.29, 0.717) is 0 Å². The average Bonchev–Trinajstić information content (AvgIpc) is 2.31. The molecule has 0 atom stereocenters. The Morgan fingerprint density at radius 3 is 2.91 bits per heavy atom. The van der Waals surface area contributed by atoms with Gasteiger partial charge in [-0.3, -0.25) is 4.68 Å². The molecule has 0 spiro atoms. The van der Waals surface area contributed by atoms with Crippen LogP contribution in [0.4, 0.5) is 0 Å². The molecule has 0 aliphatic rings. The van der Waals surface area contributed by atoms with Crippen LogP contribution in [-0.4, -0.2) is 23.7 Å². The second-order valence-corrected chi connectivity index (χ2v) is 3.00. The van der Waals surface area contributed by atoms with Crippen LogP contribution in [0.15, 0.2) is 6.20 Å². The first-order valence-corrected chi connectivity index (χ1v) is 4.13. The minimum Gasteiger partial charge on any atom is -0.463 e. The maximum Gasteiger partial charge on any atom is 0.188 e. The van der Waals surface area contributed by atoms with Crippen LogP contribution < -0.4 is 4.74 Å². The Morgan fingerprint density at radius 1 is 1.73 bits per heavy atom. The van der Waals surface area contributed by atoms with Gasteiger partial charge in [0, 0.05) is 14.2 Å². The van der Waals surface area contributed by atoms with E-state index in [1.54, 1.807) is 18.0 Å². The summed E-state index contributed by atoms with van der Waals surface area (Å²) in [5.74, 6) is 0.759. The summed E-state index contributed by atoms with van der Waals surface area (Å²) in [5, 5.41) is 4.00. The predicted molar refractivity (Wildman–Crippen MR) is 48.4 cm³/mol. The SMILES string of the molecule is COCOc1cnn(C)c1I. The number of ether oxygens (including phenoxy) is 2. The van der Waals surface area contributed by atoms with E-state index in [4.69, 9.17) is 9.47 Å². The highest BCUT2D eigenvalue weighted by Gasteiger charge is 2.04. The van der Waals surface area contributed by atoms with Crippen LogP contribution in [0.2, 0.25) is 0 Å². The molecule has 0 unspecified atom stereocenters. The molecule has 0 N–H and O–H groups in total. The Labute approximate surface area is 78.6 Å². The predicted octanol–water partition coefficient (Wildman–Crippen LogP) is 1.01. The molecule has 5 heteroatoms. The van der Waals surface area contributed by atoms with Crippen LogP contribution >= 0.6 is 22.6 Å². The van der Waals surface area contributed by atoms with Crippen molar-refractivity contribution in [2.75, 3.05) is 13.9 Å². The number of nitrogens with zero attached hydrogens (tertiary/aromatic N) is 2. The molecule has 0 saturated heterocycles. The molecule has 1 aromatic heterocycles. The Morgan fingerprint density at radius 2 is 2.45 bits per heavy atom. The summed E-state index contributed by atoms with van der Waals surface area (Å²) in [4.78, 5) is 0. The van der Waals surface area contributed by atoms with E-state index in [-0.39, 0.29) is 6.79 Å². The standard InChI is InChI=1S/C6H9IN2O2/c1-9-6(7)5(3-8-9)11-4-10-2/h3H,4H2,1-2H3. The zero-order chi connectivity index (χ0) is 8.27. The number of hydrogen-bond acceptors (Lipinski definition) is 3. The maximum atomic E-state index is 5.19. The van der Waals surface area contributed by atoms with Crippen molar-refractivity contribution in [1.29, 1.82) is 0 Å². The van der Waals surface area contributed by atoms with Crippen molar-refractivity contribution < 1.29 is 9.47 Å². The molecule has 1 heterocycles. The van der Waals surface area contributed by atoms with Crippen molar-refractivity contribution in [2.45, 2.75) is 0 Å². The average molecular weight is 268 g/mol. The molecule has 0 fully saturated rings. The van der Waals surface area contributed by atoms with Gasteiger partial charge in [0.1, 0.15) is 3.70 Å². The number of halogens is 1. The summed E-state index contributed by atoms with van der Waals surface area (Å²) < 4.78 is 12.7. The van der Waals surface area contributed by atoms with Crippen molar-refractivity contribution in [1.82, 2.24) is 9.78 Å². The molecular weight excluding hydrogens is 259 g/mol. The fraction of sp³-hybridized carbons (Fsp3) is 0.500. The van der Waals surface area contributed by atoms with Gasteiger partial charge < -0.3 is 9.47 Å². The van der Waals surface area contributed by atoms with Crippen molar-refractivity contribution in [3.8, 4) is 5.75 Å². The molecule has 0 saturated carbocycles. The maximum absolute atomic E-state index is 5.19. The summed E-state index contributed by atoms with van der Waals surface area (Å²) >= 11 is 2.16.